The van der Waals surface area contributed by atoms with Gasteiger partial charge in [0, 0.05) is 18.5 Å². The zero-order chi connectivity index (χ0) is 17.2. The Morgan fingerprint density at radius 1 is 1.04 bits per heavy atom. The van der Waals surface area contributed by atoms with Crippen molar-refractivity contribution in [3.05, 3.63) is 17.5 Å². The lowest BCUT2D eigenvalue weighted by Gasteiger charge is -2.39. The van der Waals surface area contributed by atoms with Crippen LogP contribution in [0.3, 0.4) is 0 Å². The number of hydrogen-bond donors (Lipinski definition) is 2. The van der Waals surface area contributed by atoms with Crippen molar-refractivity contribution >= 4 is 11.8 Å². The number of piperidine rings is 1. The maximum absolute atomic E-state index is 12.7. The summed E-state index contributed by atoms with van der Waals surface area (Å²) in [6, 6.07) is 2.18. The molecule has 6 nitrogen and oxygen atoms in total. The first-order valence-corrected chi connectivity index (χ1v) is 9.89. The van der Waals surface area contributed by atoms with Crippen LogP contribution in [0.2, 0.25) is 0 Å². The van der Waals surface area contributed by atoms with Crippen LogP contribution in [0, 0.1) is 5.92 Å². The van der Waals surface area contributed by atoms with E-state index >= 15 is 0 Å². The van der Waals surface area contributed by atoms with Crippen molar-refractivity contribution < 1.29 is 9.59 Å². The van der Waals surface area contributed by atoms with Crippen molar-refractivity contribution in [3.63, 3.8) is 0 Å². The van der Waals surface area contributed by atoms with Gasteiger partial charge in [-0.2, -0.15) is 5.10 Å². The third-order valence-electron chi connectivity index (χ3n) is 6.12. The highest BCUT2D eigenvalue weighted by molar-refractivity contribution is 5.92. The molecule has 3 fully saturated rings. The van der Waals surface area contributed by atoms with Gasteiger partial charge < -0.3 is 10.2 Å². The van der Waals surface area contributed by atoms with Crippen molar-refractivity contribution in [2.45, 2.75) is 76.3 Å². The molecule has 4 rings (SSSR count). The average molecular weight is 344 g/mol. The maximum Gasteiger partial charge on any atom is 0.271 e. The van der Waals surface area contributed by atoms with Gasteiger partial charge in [0.25, 0.3) is 5.91 Å². The minimum Gasteiger partial charge on any atom is -0.348 e. The minimum absolute atomic E-state index is 0.0439. The Labute approximate surface area is 148 Å². The Kier molecular flexibility index (Phi) is 4.77. The van der Waals surface area contributed by atoms with E-state index in [1.54, 1.807) is 0 Å². The molecule has 0 aromatic carbocycles. The van der Waals surface area contributed by atoms with Crippen LogP contribution in [0.4, 0.5) is 0 Å². The monoisotopic (exact) mass is 344 g/mol. The molecule has 1 aliphatic heterocycles. The van der Waals surface area contributed by atoms with Crippen molar-refractivity contribution in [1.29, 1.82) is 0 Å². The molecule has 136 valence electrons. The number of likely N-dealkylation sites (tertiary alicyclic amines) is 1. The van der Waals surface area contributed by atoms with Crippen LogP contribution in [-0.2, 0) is 4.79 Å². The molecule has 2 saturated carbocycles. The van der Waals surface area contributed by atoms with E-state index in [1.807, 2.05) is 11.0 Å². The van der Waals surface area contributed by atoms with Gasteiger partial charge in [-0.25, -0.2) is 0 Å². The van der Waals surface area contributed by atoms with E-state index in [0.717, 1.165) is 57.2 Å². The first kappa shape index (κ1) is 16.6. The van der Waals surface area contributed by atoms with Gasteiger partial charge in [-0.05, 0) is 51.0 Å². The molecule has 2 N–H and O–H groups in total. The second-order valence-corrected chi connectivity index (χ2v) is 7.83. The number of H-pyrrole nitrogens is 1. The molecule has 0 unspecified atom stereocenters. The number of carbonyl (C=O) groups is 2. The highest BCUT2D eigenvalue weighted by atomic mass is 16.2. The molecule has 2 amide bonds. The van der Waals surface area contributed by atoms with E-state index in [2.05, 4.69) is 15.5 Å². The fraction of sp³-hybridized carbons (Fsp3) is 0.737. The molecule has 0 radical (unpaired) electrons. The van der Waals surface area contributed by atoms with Crippen molar-refractivity contribution in [2.24, 2.45) is 5.92 Å². The number of carbonyl (C=O) groups excluding carboxylic acids is 2. The zero-order valence-corrected chi connectivity index (χ0v) is 14.8. The first-order chi connectivity index (χ1) is 12.2. The lowest BCUT2D eigenvalue weighted by atomic mass is 9.83. The first-order valence-electron chi connectivity index (χ1n) is 9.89. The maximum atomic E-state index is 12.7. The number of rotatable bonds is 4. The van der Waals surface area contributed by atoms with Gasteiger partial charge in [-0.15, -0.1) is 0 Å². The molecule has 6 heteroatoms. The van der Waals surface area contributed by atoms with Gasteiger partial charge in [0.05, 0.1) is 11.7 Å². The minimum atomic E-state index is -0.0953. The second-order valence-electron chi connectivity index (χ2n) is 7.83. The number of aromatic amines is 1. The van der Waals surface area contributed by atoms with Gasteiger partial charge in [0.2, 0.25) is 5.91 Å². The van der Waals surface area contributed by atoms with Crippen LogP contribution in [0.25, 0.3) is 0 Å². The smallest absolute Gasteiger partial charge is 0.271 e. The average Bonchev–Trinajstić information content (AvgIpc) is 3.24. The summed E-state index contributed by atoms with van der Waals surface area (Å²) in [7, 11) is 0. The van der Waals surface area contributed by atoms with Gasteiger partial charge in [-0.1, -0.05) is 19.3 Å². The van der Waals surface area contributed by atoms with Crippen LogP contribution < -0.4 is 5.32 Å². The predicted octanol–water partition coefficient (Wildman–Crippen LogP) is 2.94. The molecule has 2 heterocycles. The summed E-state index contributed by atoms with van der Waals surface area (Å²) in [4.78, 5) is 27.2. The number of amides is 2. The highest BCUT2D eigenvalue weighted by Gasteiger charge is 2.35. The third kappa shape index (κ3) is 3.44. The summed E-state index contributed by atoms with van der Waals surface area (Å²) in [6.45, 7) is 0.822. The second kappa shape index (κ2) is 7.18. The molecule has 1 aromatic rings. The van der Waals surface area contributed by atoms with Crippen molar-refractivity contribution in [2.75, 3.05) is 6.54 Å². The molecule has 3 aliphatic rings. The van der Waals surface area contributed by atoms with Gasteiger partial charge in [-0.3, -0.25) is 14.7 Å². The van der Waals surface area contributed by atoms with Crippen LogP contribution >= 0.6 is 0 Å². The highest BCUT2D eigenvalue weighted by Crippen LogP contribution is 2.35. The normalized spacial score (nSPS) is 25.0. The summed E-state index contributed by atoms with van der Waals surface area (Å²) in [5.41, 5.74) is 1.35. The molecule has 25 heavy (non-hydrogen) atoms. The molecule has 2 aliphatic carbocycles. The number of nitrogens with zero attached hydrogens (tertiary/aromatic N) is 2. The van der Waals surface area contributed by atoms with Crippen LogP contribution in [-0.4, -0.2) is 39.5 Å². The van der Waals surface area contributed by atoms with E-state index in [-0.39, 0.29) is 17.9 Å². The van der Waals surface area contributed by atoms with Gasteiger partial charge in [0.15, 0.2) is 0 Å². The molecule has 1 aromatic heterocycles. The summed E-state index contributed by atoms with van der Waals surface area (Å²) < 4.78 is 0. The Balaban J connectivity index is 1.45. The summed E-state index contributed by atoms with van der Waals surface area (Å²) >= 11 is 0. The third-order valence-corrected chi connectivity index (χ3v) is 6.12. The SMILES string of the molecule is O=C(NC1CCCC1)c1cc([C@@H]2CCCCN2C(=O)C2CCC2)[nH]n1. The van der Waals surface area contributed by atoms with Gasteiger partial charge >= 0.3 is 0 Å². The van der Waals surface area contributed by atoms with Crippen LogP contribution in [0.15, 0.2) is 6.07 Å². The van der Waals surface area contributed by atoms with E-state index in [9.17, 15) is 9.59 Å². The standard InChI is InChI=1S/C19H28N4O2/c24-18(20-14-8-1-2-9-14)16-12-15(21-22-16)17-10-3-4-11-23(17)19(25)13-6-5-7-13/h12-14,17H,1-11H2,(H,20,24)(H,21,22)/t17-/m0/s1. The number of nitrogens with one attached hydrogen (secondary N) is 2. The van der Waals surface area contributed by atoms with E-state index < -0.39 is 0 Å². The molecular formula is C19H28N4O2. The largest absolute Gasteiger partial charge is 0.348 e. The topological polar surface area (TPSA) is 78.1 Å². The fourth-order valence-electron chi connectivity index (χ4n) is 4.36. The lowest BCUT2D eigenvalue weighted by molar-refractivity contribution is -0.142. The molecule has 1 saturated heterocycles. The molecule has 0 spiro atoms. The van der Waals surface area contributed by atoms with Gasteiger partial charge in [0.1, 0.15) is 5.69 Å². The fourth-order valence-corrected chi connectivity index (χ4v) is 4.36. The van der Waals surface area contributed by atoms with Crippen LogP contribution in [0.1, 0.15) is 86.4 Å². The van der Waals surface area contributed by atoms with E-state index in [0.29, 0.717) is 17.6 Å². The Bertz CT molecular complexity index is 631. The van der Waals surface area contributed by atoms with Crippen molar-refractivity contribution in [3.8, 4) is 0 Å². The van der Waals surface area contributed by atoms with Crippen LogP contribution in [0.5, 0.6) is 0 Å². The van der Waals surface area contributed by atoms with E-state index in [4.69, 9.17) is 0 Å². The van der Waals surface area contributed by atoms with E-state index in [1.165, 1.54) is 19.3 Å². The molecule has 0 bridgehead atoms. The molecule has 1 atom stereocenters. The quantitative estimate of drug-likeness (QED) is 0.881. The summed E-state index contributed by atoms with van der Waals surface area (Å²) in [5, 5.41) is 10.3. The summed E-state index contributed by atoms with van der Waals surface area (Å²) in [6.07, 6.45) is 10.9. The molecular weight excluding hydrogens is 316 g/mol. The zero-order valence-electron chi connectivity index (χ0n) is 14.8. The lowest BCUT2D eigenvalue weighted by Crippen LogP contribution is -2.43. The number of aromatic nitrogens is 2. The predicted molar refractivity (Wildman–Crippen MR) is 94.0 cm³/mol. The Morgan fingerprint density at radius 2 is 1.80 bits per heavy atom. The Morgan fingerprint density at radius 3 is 2.52 bits per heavy atom. The number of hydrogen-bond acceptors (Lipinski definition) is 3. The summed E-state index contributed by atoms with van der Waals surface area (Å²) in [5.74, 6) is 0.415. The Hall–Kier alpha value is -1.85. The van der Waals surface area contributed by atoms with Crippen molar-refractivity contribution in [1.82, 2.24) is 20.4 Å².